The first kappa shape index (κ1) is 11.1. The van der Waals surface area contributed by atoms with Crippen molar-refractivity contribution in [1.82, 2.24) is 9.29 Å². The molecule has 0 atom stereocenters. The fraction of sp³-hybridized carbons (Fsp3) is 0.429. The number of halogens is 2. The van der Waals surface area contributed by atoms with Gasteiger partial charge in [0.1, 0.15) is 0 Å². The van der Waals surface area contributed by atoms with Crippen LogP contribution >= 0.6 is 0 Å². The number of aromatic nitrogens is 1. The van der Waals surface area contributed by atoms with E-state index in [4.69, 9.17) is 0 Å². The van der Waals surface area contributed by atoms with Gasteiger partial charge in [0.25, 0.3) is 6.43 Å². The van der Waals surface area contributed by atoms with Gasteiger partial charge in [-0.2, -0.15) is 0 Å². The zero-order valence-corrected chi connectivity index (χ0v) is 8.26. The lowest BCUT2D eigenvalue weighted by molar-refractivity contribution is 0.153. The van der Waals surface area contributed by atoms with Crippen LogP contribution in [0, 0.1) is 0 Å². The van der Waals surface area contributed by atoms with Crippen molar-refractivity contribution in [2.45, 2.75) is 11.3 Å². The minimum absolute atomic E-state index is 0.0133. The van der Waals surface area contributed by atoms with Gasteiger partial charge >= 0.3 is 0 Å². The summed E-state index contributed by atoms with van der Waals surface area (Å²) in [5.41, 5.74) is 0. The van der Waals surface area contributed by atoms with Gasteiger partial charge in [0, 0.05) is 19.4 Å². The lowest BCUT2D eigenvalue weighted by Gasteiger charge is -2.03. The van der Waals surface area contributed by atoms with Gasteiger partial charge in [0.2, 0.25) is 10.0 Å². The second kappa shape index (κ2) is 4.05. The number of nitrogens with zero attached hydrogens (tertiary/aromatic N) is 1. The SMILES string of the molecule is Cn1ccc(S(=O)(=O)NCC(F)F)c1. The fourth-order valence-corrected chi connectivity index (χ4v) is 1.95. The summed E-state index contributed by atoms with van der Waals surface area (Å²) in [6.45, 7) is -0.864. The molecule has 0 spiro atoms. The molecule has 0 radical (unpaired) electrons. The lowest BCUT2D eigenvalue weighted by atomic mass is 10.7. The molecule has 1 aromatic heterocycles. The molecule has 0 saturated carbocycles. The van der Waals surface area contributed by atoms with Crippen molar-refractivity contribution in [3.05, 3.63) is 18.5 Å². The van der Waals surface area contributed by atoms with Gasteiger partial charge in [-0.1, -0.05) is 0 Å². The molecule has 0 amide bonds. The first-order valence-corrected chi connectivity index (χ1v) is 5.30. The summed E-state index contributed by atoms with van der Waals surface area (Å²) < 4.78 is 49.4. The summed E-state index contributed by atoms with van der Waals surface area (Å²) in [5.74, 6) is 0. The van der Waals surface area contributed by atoms with Crippen LogP contribution in [0.4, 0.5) is 8.78 Å². The Bertz CT molecular complexity index is 400. The van der Waals surface area contributed by atoms with E-state index in [2.05, 4.69) is 0 Å². The second-order valence-electron chi connectivity index (χ2n) is 2.76. The van der Waals surface area contributed by atoms with Gasteiger partial charge in [-0.3, -0.25) is 0 Å². The van der Waals surface area contributed by atoms with Gasteiger partial charge in [-0.05, 0) is 6.07 Å². The molecule has 7 heteroatoms. The van der Waals surface area contributed by atoms with E-state index >= 15 is 0 Å². The van der Waals surface area contributed by atoms with Crippen LogP contribution in [0.15, 0.2) is 23.4 Å². The molecule has 1 N–H and O–H groups in total. The number of hydrogen-bond acceptors (Lipinski definition) is 2. The molecule has 1 heterocycles. The summed E-state index contributed by atoms with van der Waals surface area (Å²) in [6, 6.07) is 1.34. The predicted octanol–water partition coefficient (Wildman–Crippen LogP) is 0.569. The minimum atomic E-state index is -3.79. The topological polar surface area (TPSA) is 51.1 Å². The Morgan fingerprint density at radius 2 is 2.21 bits per heavy atom. The summed E-state index contributed by atoms with van der Waals surface area (Å²) in [7, 11) is -2.14. The quantitative estimate of drug-likeness (QED) is 0.812. The van der Waals surface area contributed by atoms with E-state index in [-0.39, 0.29) is 4.90 Å². The van der Waals surface area contributed by atoms with Crippen molar-refractivity contribution < 1.29 is 17.2 Å². The van der Waals surface area contributed by atoms with E-state index in [1.807, 2.05) is 0 Å². The summed E-state index contributed by atoms with van der Waals surface area (Å²) in [6.07, 6.45) is 0.179. The van der Waals surface area contributed by atoms with Crippen molar-refractivity contribution in [3.63, 3.8) is 0 Å². The molecule has 0 aliphatic carbocycles. The highest BCUT2D eigenvalue weighted by Gasteiger charge is 2.16. The average molecular weight is 224 g/mol. The molecule has 0 saturated heterocycles. The summed E-state index contributed by atoms with van der Waals surface area (Å²) in [5, 5.41) is 0. The lowest BCUT2D eigenvalue weighted by Crippen LogP contribution is -2.28. The van der Waals surface area contributed by atoms with Crippen molar-refractivity contribution in [3.8, 4) is 0 Å². The summed E-state index contributed by atoms with van der Waals surface area (Å²) >= 11 is 0. The molecule has 4 nitrogen and oxygen atoms in total. The summed E-state index contributed by atoms with van der Waals surface area (Å²) in [4.78, 5) is -0.0133. The Morgan fingerprint density at radius 3 is 2.64 bits per heavy atom. The van der Waals surface area contributed by atoms with E-state index in [0.29, 0.717) is 0 Å². The fourth-order valence-electron chi connectivity index (χ4n) is 0.893. The van der Waals surface area contributed by atoms with Crippen molar-refractivity contribution in [1.29, 1.82) is 0 Å². The third-order valence-corrected chi connectivity index (χ3v) is 2.95. The Kier molecular flexibility index (Phi) is 3.22. The van der Waals surface area contributed by atoms with Crippen LogP contribution < -0.4 is 4.72 Å². The molecule has 80 valence electrons. The number of nitrogens with one attached hydrogen (secondary N) is 1. The molecular formula is C7H10F2N2O2S. The molecule has 14 heavy (non-hydrogen) atoms. The van der Waals surface area contributed by atoms with E-state index in [9.17, 15) is 17.2 Å². The highest BCUT2D eigenvalue weighted by Crippen LogP contribution is 2.08. The van der Waals surface area contributed by atoms with Crippen LogP contribution in [0.5, 0.6) is 0 Å². The monoisotopic (exact) mass is 224 g/mol. The maximum absolute atomic E-state index is 11.8. The van der Waals surface area contributed by atoms with Crippen LogP contribution in [0.2, 0.25) is 0 Å². The molecule has 0 aliphatic rings. The zero-order valence-electron chi connectivity index (χ0n) is 7.44. The number of hydrogen-bond donors (Lipinski definition) is 1. The van der Waals surface area contributed by atoms with Gasteiger partial charge in [-0.25, -0.2) is 21.9 Å². The molecule has 1 aromatic rings. The van der Waals surface area contributed by atoms with Crippen molar-refractivity contribution in [2.24, 2.45) is 7.05 Å². The normalized spacial score (nSPS) is 12.3. The van der Waals surface area contributed by atoms with Crippen LogP contribution in [-0.4, -0.2) is 26.0 Å². The molecule has 1 rings (SSSR count). The first-order valence-electron chi connectivity index (χ1n) is 3.81. The van der Waals surface area contributed by atoms with Gasteiger partial charge < -0.3 is 4.57 Å². The van der Waals surface area contributed by atoms with E-state index in [1.54, 1.807) is 11.8 Å². The molecule has 0 bridgehead atoms. The number of rotatable bonds is 4. The zero-order chi connectivity index (χ0) is 10.8. The standard InChI is InChI=1S/C7H10F2N2O2S/c1-11-3-2-6(5-11)14(12,13)10-4-7(8)9/h2-3,5,7,10H,4H2,1H3. The van der Waals surface area contributed by atoms with E-state index < -0.39 is 23.0 Å². The number of sulfonamides is 1. The van der Waals surface area contributed by atoms with Crippen LogP contribution in [0.25, 0.3) is 0 Å². The Hall–Kier alpha value is -0.950. The van der Waals surface area contributed by atoms with Crippen LogP contribution in [-0.2, 0) is 17.1 Å². The van der Waals surface area contributed by atoms with Gasteiger partial charge in [-0.15, -0.1) is 0 Å². The third-order valence-electron chi connectivity index (χ3n) is 1.54. The molecular weight excluding hydrogens is 214 g/mol. The average Bonchev–Trinajstić information content (AvgIpc) is 2.49. The van der Waals surface area contributed by atoms with Crippen LogP contribution in [0.1, 0.15) is 0 Å². The molecule has 0 aromatic carbocycles. The maximum Gasteiger partial charge on any atom is 0.251 e. The molecule has 0 fully saturated rings. The van der Waals surface area contributed by atoms with Gasteiger partial charge in [0.15, 0.2) is 0 Å². The van der Waals surface area contributed by atoms with E-state index in [0.717, 1.165) is 0 Å². The van der Waals surface area contributed by atoms with Gasteiger partial charge in [0.05, 0.1) is 11.4 Å². The Balaban J connectivity index is 2.76. The predicted molar refractivity (Wildman–Crippen MR) is 46.6 cm³/mol. The smallest absolute Gasteiger partial charge is 0.251 e. The second-order valence-corrected chi connectivity index (χ2v) is 4.52. The largest absolute Gasteiger partial charge is 0.356 e. The first-order chi connectivity index (χ1) is 6.42. The maximum atomic E-state index is 11.8. The minimum Gasteiger partial charge on any atom is -0.356 e. The van der Waals surface area contributed by atoms with Crippen molar-refractivity contribution >= 4 is 10.0 Å². The third kappa shape index (κ3) is 2.78. The number of alkyl halides is 2. The van der Waals surface area contributed by atoms with Crippen molar-refractivity contribution in [2.75, 3.05) is 6.54 Å². The van der Waals surface area contributed by atoms with Crippen LogP contribution in [0.3, 0.4) is 0 Å². The number of aryl methyl sites for hydroxylation is 1. The highest BCUT2D eigenvalue weighted by molar-refractivity contribution is 7.89. The highest BCUT2D eigenvalue weighted by atomic mass is 32.2. The molecule has 0 unspecified atom stereocenters. The van der Waals surface area contributed by atoms with E-state index in [1.165, 1.54) is 23.0 Å². The Labute approximate surface area is 80.6 Å². The molecule has 0 aliphatic heterocycles. The Morgan fingerprint density at radius 1 is 1.57 bits per heavy atom.